The first-order valence-corrected chi connectivity index (χ1v) is 23.2. The number of nitrogens with zero attached hydrogens (tertiary/aromatic N) is 3. The van der Waals surface area contributed by atoms with Gasteiger partial charge >= 0.3 is 18.0 Å². The van der Waals surface area contributed by atoms with Gasteiger partial charge in [-0.15, -0.1) is 0 Å². The normalized spacial score (nSPS) is 26.6. The van der Waals surface area contributed by atoms with E-state index in [-0.39, 0.29) is 30.8 Å². The van der Waals surface area contributed by atoms with Gasteiger partial charge in [-0.2, -0.15) is 0 Å². The Balaban J connectivity index is 2.74. The zero-order valence-corrected chi connectivity index (χ0v) is 42.1. The Labute approximate surface area is 397 Å². The molecule has 1 aromatic rings. The number of likely N-dealkylation sites (N-methyl/N-ethyl adjacent to an activating group) is 4. The lowest BCUT2D eigenvalue weighted by atomic mass is 9.90. The van der Waals surface area contributed by atoms with Crippen molar-refractivity contribution >= 4 is 47.6 Å². The van der Waals surface area contributed by atoms with Gasteiger partial charge in [-0.1, -0.05) is 83.5 Å². The molecule has 18 nitrogen and oxygen atoms in total. The number of hydrogen-bond donors (Lipinski definition) is 4. The summed E-state index contributed by atoms with van der Waals surface area (Å²) >= 11 is 0. The minimum Gasteiger partial charge on any atom is -0.456 e. The average Bonchev–Trinajstić information content (AvgIpc) is 3.29. The first-order valence-electron chi connectivity index (χ1n) is 23.2. The van der Waals surface area contributed by atoms with Gasteiger partial charge in [0.05, 0.1) is 6.54 Å². The largest absolute Gasteiger partial charge is 0.456 e. The number of ether oxygens (including phenoxy) is 3. The van der Waals surface area contributed by atoms with E-state index >= 15 is 0 Å². The zero-order valence-electron chi connectivity index (χ0n) is 42.1. The number of esters is 2. The lowest BCUT2D eigenvalue weighted by molar-refractivity contribution is -0.155. The summed E-state index contributed by atoms with van der Waals surface area (Å²) in [5, 5.41) is 11.1. The zero-order chi connectivity index (χ0) is 50.7. The molecule has 18 heteroatoms. The topological polar surface area (TPSA) is 222 Å². The van der Waals surface area contributed by atoms with Gasteiger partial charge in [0.2, 0.25) is 23.6 Å². The van der Waals surface area contributed by atoms with Crippen molar-refractivity contribution in [2.45, 2.75) is 137 Å². The Morgan fingerprint density at radius 3 is 2.15 bits per heavy atom. The van der Waals surface area contributed by atoms with Crippen LogP contribution in [0.3, 0.4) is 0 Å². The third kappa shape index (κ3) is 17.8. The highest BCUT2D eigenvalue weighted by molar-refractivity contribution is 5.96. The van der Waals surface area contributed by atoms with Crippen LogP contribution < -0.4 is 21.3 Å². The lowest BCUT2D eigenvalue weighted by Gasteiger charge is -2.33. The summed E-state index contributed by atoms with van der Waals surface area (Å²) in [6.07, 6.45) is -0.00199. The van der Waals surface area contributed by atoms with Gasteiger partial charge in [-0.25, -0.2) is 14.4 Å². The average molecular weight is 940 g/mol. The van der Waals surface area contributed by atoms with Gasteiger partial charge in [-0.3, -0.25) is 24.0 Å². The van der Waals surface area contributed by atoms with Crippen LogP contribution in [0.25, 0.3) is 0 Å². The molecule has 0 aromatic heterocycles. The van der Waals surface area contributed by atoms with Crippen LogP contribution in [0.4, 0.5) is 4.79 Å². The molecule has 1 aliphatic heterocycles. The standard InChI is InChI=1S/C49H77N7O11/c1-15-30(5)41-44(59)52-35(10)48(63)67-42(31(6)16-2)33(8)38(66-49(64)54(12)25-24-50-11)23-22-32(7)47(62)65-39(26-29(3)4)43(58)51-34(9)45(60)56(14)37(27-36-20-18-17-19-21-36)46(61)55(13)28-40(57)53-41/h16-22,29-30,33-35,37-39,41-42,50H,15,23-28H2,1-14H3,(H,51,58)(H,52,59)(H,53,57)/b31-16+,32-22+/t30-,33+,34+,35-,37-,38+,39-,41+,42-/m1/s1. The minimum absolute atomic E-state index is 0.0295. The monoisotopic (exact) mass is 940 g/mol. The molecule has 1 aromatic carbocycles. The second-order valence-electron chi connectivity index (χ2n) is 18.1. The Kier molecular flexibility index (Phi) is 23.8. The molecule has 1 heterocycles. The van der Waals surface area contributed by atoms with Crippen molar-refractivity contribution in [2.24, 2.45) is 17.8 Å². The van der Waals surface area contributed by atoms with Gasteiger partial charge in [-0.05, 0) is 71.1 Å². The van der Waals surface area contributed by atoms with Crippen LogP contribution in [-0.2, 0) is 54.2 Å². The number of benzene rings is 1. The molecule has 0 unspecified atom stereocenters. The van der Waals surface area contributed by atoms with Crippen LogP contribution in [-0.4, -0.2) is 153 Å². The second-order valence-corrected chi connectivity index (χ2v) is 18.1. The molecule has 2 rings (SSSR count). The predicted molar refractivity (Wildman–Crippen MR) is 254 cm³/mol. The van der Waals surface area contributed by atoms with E-state index in [1.807, 2.05) is 26.8 Å². The molecule has 0 spiro atoms. The predicted octanol–water partition coefficient (Wildman–Crippen LogP) is 3.53. The van der Waals surface area contributed by atoms with Crippen LogP contribution in [0.2, 0.25) is 0 Å². The number of carbonyl (C=O) groups is 8. The molecule has 0 aliphatic carbocycles. The molecule has 67 heavy (non-hydrogen) atoms. The maximum Gasteiger partial charge on any atom is 0.409 e. The molecule has 9 atom stereocenters. The number of amides is 6. The third-order valence-corrected chi connectivity index (χ3v) is 12.1. The Morgan fingerprint density at radius 1 is 0.940 bits per heavy atom. The molecule has 4 N–H and O–H groups in total. The molecule has 1 aliphatic rings. The van der Waals surface area contributed by atoms with E-state index in [1.165, 1.54) is 50.7 Å². The van der Waals surface area contributed by atoms with E-state index in [0.717, 1.165) is 10.5 Å². The van der Waals surface area contributed by atoms with Gasteiger partial charge in [0.1, 0.15) is 36.4 Å². The van der Waals surface area contributed by atoms with Crippen molar-refractivity contribution < 1.29 is 52.6 Å². The van der Waals surface area contributed by atoms with Gasteiger partial charge < -0.3 is 50.2 Å². The fraction of sp³-hybridized carbons (Fsp3) is 0.633. The number of rotatable bonds is 11. The Morgan fingerprint density at radius 2 is 1.57 bits per heavy atom. The van der Waals surface area contributed by atoms with Crippen LogP contribution in [0, 0.1) is 17.8 Å². The molecule has 0 fully saturated rings. The summed E-state index contributed by atoms with van der Waals surface area (Å²) in [5.74, 6) is -6.09. The van der Waals surface area contributed by atoms with Crippen LogP contribution in [0.5, 0.6) is 0 Å². The van der Waals surface area contributed by atoms with E-state index in [4.69, 9.17) is 14.2 Å². The fourth-order valence-electron chi connectivity index (χ4n) is 7.28. The summed E-state index contributed by atoms with van der Waals surface area (Å²) in [6, 6.07) is 4.38. The molecule has 0 radical (unpaired) electrons. The summed E-state index contributed by atoms with van der Waals surface area (Å²) < 4.78 is 17.9. The maximum atomic E-state index is 14.2. The van der Waals surface area contributed by atoms with E-state index in [9.17, 15) is 38.4 Å². The highest BCUT2D eigenvalue weighted by Gasteiger charge is 2.38. The lowest BCUT2D eigenvalue weighted by Crippen LogP contribution is -2.57. The smallest absolute Gasteiger partial charge is 0.409 e. The molecule has 0 saturated heterocycles. The number of nitrogens with one attached hydrogen (secondary N) is 4. The van der Waals surface area contributed by atoms with Crippen molar-refractivity contribution in [3.63, 3.8) is 0 Å². The Hall–Kier alpha value is -5.78. The highest BCUT2D eigenvalue weighted by Crippen LogP contribution is 2.26. The SMILES string of the molecule is C/C=C(\C)[C@H]1OC(=O)[C@@H](C)NC(=O)[C@H]([C@H](C)CC)NC(=O)CN(C)C(=O)[C@@H](Cc2ccccc2)N(C)C(=O)[C@H](C)NC(=O)[C@@H](CC(C)C)OC(=O)/C(C)=C/C[C@H](OC(=O)N(C)CCNC)[C@@H]1C. The molecule has 6 amide bonds. The maximum absolute atomic E-state index is 14.2. The summed E-state index contributed by atoms with van der Waals surface area (Å²) in [6.45, 7) is 17.3. The number of carbonyl (C=O) groups excluding carboxylic acids is 8. The first kappa shape index (κ1) is 57.3. The highest BCUT2D eigenvalue weighted by atomic mass is 16.6. The number of cyclic esters (lactones) is 2. The van der Waals surface area contributed by atoms with Crippen molar-refractivity contribution in [1.29, 1.82) is 0 Å². The molecular weight excluding hydrogens is 863 g/mol. The van der Waals surface area contributed by atoms with E-state index < -0.39 is 108 Å². The number of allylic oxidation sites excluding steroid dienone is 1. The quantitative estimate of drug-likeness (QED) is 0.142. The van der Waals surface area contributed by atoms with Gasteiger partial charge in [0.25, 0.3) is 5.91 Å². The van der Waals surface area contributed by atoms with Crippen LogP contribution in [0.15, 0.2) is 53.6 Å². The molecule has 374 valence electrons. The van der Waals surface area contributed by atoms with Crippen molar-refractivity contribution in [2.75, 3.05) is 47.8 Å². The van der Waals surface area contributed by atoms with Crippen molar-refractivity contribution in [3.05, 3.63) is 59.2 Å². The minimum atomic E-state index is -1.31. The molecule has 0 bridgehead atoms. The summed E-state index contributed by atoms with van der Waals surface area (Å²) in [7, 11) is 6.17. The van der Waals surface area contributed by atoms with E-state index in [1.54, 1.807) is 72.1 Å². The first-order chi connectivity index (χ1) is 31.5. The van der Waals surface area contributed by atoms with Crippen molar-refractivity contribution in [1.82, 2.24) is 36.0 Å². The number of hydrogen-bond acceptors (Lipinski definition) is 12. The van der Waals surface area contributed by atoms with Gasteiger partial charge in [0, 0.05) is 58.6 Å². The Bertz CT molecular complexity index is 1920. The molecular formula is C49H77N7O11. The second kappa shape index (κ2) is 27.8. The van der Waals surface area contributed by atoms with Crippen LogP contribution in [0.1, 0.15) is 94.1 Å². The summed E-state index contributed by atoms with van der Waals surface area (Å²) in [5.41, 5.74) is 1.45. The van der Waals surface area contributed by atoms with Gasteiger partial charge in [0.15, 0.2) is 6.10 Å². The third-order valence-electron chi connectivity index (χ3n) is 12.1. The van der Waals surface area contributed by atoms with Crippen molar-refractivity contribution in [3.8, 4) is 0 Å². The van der Waals surface area contributed by atoms with Crippen LogP contribution >= 0.6 is 0 Å². The molecule has 0 saturated carbocycles. The summed E-state index contributed by atoms with van der Waals surface area (Å²) in [4.78, 5) is 114. The van der Waals surface area contributed by atoms with E-state index in [2.05, 4.69) is 21.3 Å². The van der Waals surface area contributed by atoms with E-state index in [0.29, 0.717) is 25.1 Å². The fourth-order valence-corrected chi connectivity index (χ4v) is 7.28.